The van der Waals surface area contributed by atoms with Gasteiger partial charge >= 0.3 is 0 Å². The fourth-order valence-electron chi connectivity index (χ4n) is 2.71. The lowest BCUT2D eigenvalue weighted by Gasteiger charge is -2.28. The van der Waals surface area contributed by atoms with Crippen molar-refractivity contribution in [3.63, 3.8) is 0 Å². The van der Waals surface area contributed by atoms with E-state index in [1.807, 2.05) is 44.2 Å². The molecule has 1 atom stereocenters. The molecule has 0 bridgehead atoms. The maximum atomic E-state index is 12.9. The van der Waals surface area contributed by atoms with E-state index in [-0.39, 0.29) is 25.0 Å². The molecule has 0 radical (unpaired) electrons. The molecule has 0 aliphatic carbocycles. The Morgan fingerprint density at radius 2 is 1.93 bits per heavy atom. The second kappa shape index (κ2) is 9.42. The van der Waals surface area contributed by atoms with Crippen molar-refractivity contribution < 1.29 is 14.3 Å². The maximum absolute atomic E-state index is 12.9. The molecule has 6 heteroatoms. The van der Waals surface area contributed by atoms with Gasteiger partial charge in [0, 0.05) is 18.6 Å². The summed E-state index contributed by atoms with van der Waals surface area (Å²) in [5.74, 6) is 0.155. The molecule has 27 heavy (non-hydrogen) atoms. The van der Waals surface area contributed by atoms with Gasteiger partial charge in [-0.05, 0) is 55.7 Å². The number of carbonyl (C=O) groups is 2. The second-order valence-corrected chi connectivity index (χ2v) is 6.94. The van der Waals surface area contributed by atoms with Crippen molar-refractivity contribution in [2.24, 2.45) is 0 Å². The van der Waals surface area contributed by atoms with Crippen LogP contribution in [0.15, 0.2) is 42.5 Å². The van der Waals surface area contributed by atoms with E-state index < -0.39 is 6.04 Å². The summed E-state index contributed by atoms with van der Waals surface area (Å²) in [6.45, 7) is 5.71. The van der Waals surface area contributed by atoms with Gasteiger partial charge in [0.05, 0.1) is 0 Å². The molecule has 0 fully saturated rings. The molecule has 0 heterocycles. The Labute approximate surface area is 165 Å². The predicted molar refractivity (Wildman–Crippen MR) is 107 cm³/mol. The van der Waals surface area contributed by atoms with Gasteiger partial charge in [-0.3, -0.25) is 9.59 Å². The number of aryl methyl sites for hydroxylation is 2. The Bertz CT molecular complexity index is 823. The van der Waals surface area contributed by atoms with Crippen LogP contribution in [0, 0.1) is 13.8 Å². The largest absolute Gasteiger partial charge is 0.483 e. The van der Waals surface area contributed by atoms with Crippen LogP contribution < -0.4 is 10.1 Å². The molecule has 5 nitrogen and oxygen atoms in total. The van der Waals surface area contributed by atoms with Crippen LogP contribution in [0.3, 0.4) is 0 Å². The standard InChI is InChI=1S/C21H25ClN2O3/c1-14-8-9-15(2)19(10-14)27-13-20(25)24(16(3)21(26)23-4)12-17-6-5-7-18(22)11-17/h5-11,16H,12-13H2,1-4H3,(H,23,26). The molecule has 0 aromatic heterocycles. The number of likely N-dealkylation sites (N-methyl/N-ethyl adjacent to an activating group) is 1. The van der Waals surface area contributed by atoms with Crippen LogP contribution in [-0.4, -0.2) is 36.4 Å². The van der Waals surface area contributed by atoms with Crippen molar-refractivity contribution >= 4 is 23.4 Å². The summed E-state index contributed by atoms with van der Waals surface area (Å²) in [4.78, 5) is 26.5. The summed E-state index contributed by atoms with van der Waals surface area (Å²) >= 11 is 6.04. The van der Waals surface area contributed by atoms with E-state index in [1.54, 1.807) is 26.1 Å². The van der Waals surface area contributed by atoms with Crippen LogP contribution >= 0.6 is 11.6 Å². The second-order valence-electron chi connectivity index (χ2n) is 6.50. The number of halogens is 1. The van der Waals surface area contributed by atoms with Gasteiger partial charge in [-0.15, -0.1) is 0 Å². The fourth-order valence-corrected chi connectivity index (χ4v) is 2.92. The number of ether oxygens (including phenoxy) is 1. The lowest BCUT2D eigenvalue weighted by atomic mass is 10.1. The first-order chi connectivity index (χ1) is 12.8. The lowest BCUT2D eigenvalue weighted by molar-refractivity contribution is -0.142. The highest BCUT2D eigenvalue weighted by atomic mass is 35.5. The first kappa shape index (κ1) is 20.8. The number of amides is 2. The van der Waals surface area contributed by atoms with Gasteiger partial charge in [0.25, 0.3) is 5.91 Å². The first-order valence-corrected chi connectivity index (χ1v) is 9.15. The van der Waals surface area contributed by atoms with E-state index in [4.69, 9.17) is 16.3 Å². The summed E-state index contributed by atoms with van der Waals surface area (Å²) in [7, 11) is 1.55. The normalized spacial score (nSPS) is 11.6. The number of hydrogen-bond acceptors (Lipinski definition) is 3. The van der Waals surface area contributed by atoms with Crippen molar-refractivity contribution in [1.29, 1.82) is 0 Å². The van der Waals surface area contributed by atoms with E-state index in [0.717, 1.165) is 16.7 Å². The minimum absolute atomic E-state index is 0.147. The Morgan fingerprint density at radius 1 is 1.19 bits per heavy atom. The molecule has 0 spiro atoms. The zero-order chi connectivity index (χ0) is 20.0. The third-order valence-electron chi connectivity index (χ3n) is 4.35. The minimum atomic E-state index is -0.635. The fraction of sp³-hybridized carbons (Fsp3) is 0.333. The van der Waals surface area contributed by atoms with Crippen molar-refractivity contribution in [3.05, 3.63) is 64.2 Å². The van der Waals surface area contributed by atoms with Gasteiger partial charge in [-0.25, -0.2) is 0 Å². The van der Waals surface area contributed by atoms with Crippen LogP contribution in [0.5, 0.6) is 5.75 Å². The predicted octanol–water partition coefficient (Wildman–Crippen LogP) is 3.50. The summed E-state index contributed by atoms with van der Waals surface area (Å²) < 4.78 is 5.74. The van der Waals surface area contributed by atoms with Gasteiger partial charge in [0.15, 0.2) is 6.61 Å². The van der Waals surface area contributed by atoms with Crippen LogP contribution in [0.2, 0.25) is 5.02 Å². The summed E-state index contributed by atoms with van der Waals surface area (Å²) in [6.07, 6.45) is 0. The number of rotatable bonds is 7. The topological polar surface area (TPSA) is 58.6 Å². The number of benzene rings is 2. The Balaban J connectivity index is 2.17. The highest BCUT2D eigenvalue weighted by Crippen LogP contribution is 2.20. The van der Waals surface area contributed by atoms with E-state index in [1.165, 1.54) is 4.90 Å². The van der Waals surface area contributed by atoms with E-state index in [2.05, 4.69) is 5.32 Å². The Hall–Kier alpha value is -2.53. The quantitative estimate of drug-likeness (QED) is 0.789. The molecule has 2 aromatic rings. The smallest absolute Gasteiger partial charge is 0.261 e. The average molecular weight is 389 g/mol. The summed E-state index contributed by atoms with van der Waals surface area (Å²) in [5.41, 5.74) is 2.85. The van der Waals surface area contributed by atoms with Crippen molar-refractivity contribution in [2.45, 2.75) is 33.4 Å². The molecule has 2 rings (SSSR count). The molecule has 2 amide bonds. The maximum Gasteiger partial charge on any atom is 0.261 e. The zero-order valence-electron chi connectivity index (χ0n) is 16.1. The third-order valence-corrected chi connectivity index (χ3v) is 4.59. The molecule has 0 saturated heterocycles. The summed E-state index contributed by atoms with van der Waals surface area (Å²) in [6, 6.07) is 12.4. The molecule has 1 unspecified atom stereocenters. The van der Waals surface area contributed by atoms with Crippen LogP contribution in [0.4, 0.5) is 0 Å². The van der Waals surface area contributed by atoms with Gasteiger partial charge < -0.3 is 15.0 Å². The van der Waals surface area contributed by atoms with Crippen LogP contribution in [0.25, 0.3) is 0 Å². The molecular formula is C21H25ClN2O3. The molecule has 0 aliphatic rings. The van der Waals surface area contributed by atoms with E-state index >= 15 is 0 Å². The van der Waals surface area contributed by atoms with Crippen LogP contribution in [-0.2, 0) is 16.1 Å². The molecule has 0 aliphatic heterocycles. The van der Waals surface area contributed by atoms with E-state index in [9.17, 15) is 9.59 Å². The molecule has 2 aromatic carbocycles. The Kier molecular flexibility index (Phi) is 7.25. The van der Waals surface area contributed by atoms with Gasteiger partial charge in [-0.1, -0.05) is 35.9 Å². The first-order valence-electron chi connectivity index (χ1n) is 8.77. The minimum Gasteiger partial charge on any atom is -0.483 e. The zero-order valence-corrected chi connectivity index (χ0v) is 16.8. The average Bonchev–Trinajstić information content (AvgIpc) is 2.65. The third kappa shape index (κ3) is 5.73. The van der Waals surface area contributed by atoms with E-state index in [0.29, 0.717) is 10.8 Å². The highest BCUT2D eigenvalue weighted by Gasteiger charge is 2.26. The molecular weight excluding hydrogens is 364 g/mol. The molecule has 144 valence electrons. The van der Waals surface area contributed by atoms with Crippen molar-refractivity contribution in [3.8, 4) is 5.75 Å². The van der Waals surface area contributed by atoms with Gasteiger partial charge in [-0.2, -0.15) is 0 Å². The number of hydrogen-bond donors (Lipinski definition) is 1. The molecule has 1 N–H and O–H groups in total. The van der Waals surface area contributed by atoms with Crippen LogP contribution in [0.1, 0.15) is 23.6 Å². The number of carbonyl (C=O) groups excluding carboxylic acids is 2. The summed E-state index contributed by atoms with van der Waals surface area (Å²) in [5, 5.41) is 3.17. The monoisotopic (exact) mass is 388 g/mol. The van der Waals surface area contributed by atoms with Crippen molar-refractivity contribution in [1.82, 2.24) is 10.2 Å². The SMILES string of the molecule is CNC(=O)C(C)N(Cc1cccc(Cl)c1)C(=O)COc1cc(C)ccc1C. The van der Waals surface area contributed by atoms with Gasteiger partial charge in [0.2, 0.25) is 5.91 Å². The highest BCUT2D eigenvalue weighted by molar-refractivity contribution is 6.30. The molecule has 0 saturated carbocycles. The number of nitrogens with zero attached hydrogens (tertiary/aromatic N) is 1. The number of nitrogens with one attached hydrogen (secondary N) is 1. The lowest BCUT2D eigenvalue weighted by Crippen LogP contribution is -2.48. The van der Waals surface area contributed by atoms with Gasteiger partial charge in [0.1, 0.15) is 11.8 Å². The van der Waals surface area contributed by atoms with Crippen molar-refractivity contribution in [2.75, 3.05) is 13.7 Å². The Morgan fingerprint density at radius 3 is 2.59 bits per heavy atom.